The Morgan fingerprint density at radius 2 is 1.77 bits per heavy atom. The number of nitrogens with zero attached hydrogens (tertiary/aromatic N) is 2. The van der Waals surface area contributed by atoms with Gasteiger partial charge in [0.1, 0.15) is 0 Å². The van der Waals surface area contributed by atoms with Gasteiger partial charge in [-0.2, -0.15) is 0 Å². The molecular weight excluding hydrogens is 278 g/mol. The van der Waals surface area contributed by atoms with E-state index < -0.39 is 0 Å². The first-order chi connectivity index (χ1) is 10.6. The molecule has 5 nitrogen and oxygen atoms in total. The number of methoxy groups -OCH3 is 2. The molecular formula is C17H23N3O2. The molecule has 0 aliphatic carbocycles. The topological polar surface area (TPSA) is 56.3 Å². The second-order valence-corrected chi connectivity index (χ2v) is 5.46. The summed E-state index contributed by atoms with van der Waals surface area (Å²) in [7, 11) is 3.30. The van der Waals surface area contributed by atoms with Gasteiger partial charge in [0, 0.05) is 18.9 Å². The van der Waals surface area contributed by atoms with Crippen molar-refractivity contribution in [3.63, 3.8) is 0 Å². The van der Waals surface area contributed by atoms with Gasteiger partial charge in [0.25, 0.3) is 0 Å². The fourth-order valence-corrected chi connectivity index (χ4v) is 2.23. The molecule has 0 radical (unpaired) electrons. The van der Waals surface area contributed by atoms with Crippen molar-refractivity contribution >= 4 is 5.95 Å². The molecule has 0 spiro atoms. The number of nitrogens with one attached hydrogen (secondary N) is 1. The van der Waals surface area contributed by atoms with Crippen LogP contribution < -0.4 is 14.8 Å². The third-order valence-electron chi connectivity index (χ3n) is 3.42. The summed E-state index contributed by atoms with van der Waals surface area (Å²) in [5.74, 6) is 2.64. The quantitative estimate of drug-likeness (QED) is 0.851. The highest BCUT2D eigenvalue weighted by atomic mass is 16.5. The molecule has 0 saturated heterocycles. The summed E-state index contributed by atoms with van der Waals surface area (Å²) in [4.78, 5) is 8.50. The minimum atomic E-state index is 0.447. The van der Waals surface area contributed by atoms with E-state index >= 15 is 0 Å². The number of aromatic nitrogens is 2. The first-order valence-corrected chi connectivity index (χ1v) is 7.35. The average Bonchev–Trinajstić information content (AvgIpc) is 2.54. The molecule has 22 heavy (non-hydrogen) atoms. The lowest BCUT2D eigenvalue weighted by Crippen LogP contribution is -2.15. The van der Waals surface area contributed by atoms with Gasteiger partial charge in [-0.15, -0.1) is 0 Å². The van der Waals surface area contributed by atoms with E-state index in [1.54, 1.807) is 14.2 Å². The Bertz CT molecular complexity index is 599. The lowest BCUT2D eigenvalue weighted by Gasteiger charge is -2.14. The molecule has 0 aliphatic heterocycles. The fourth-order valence-electron chi connectivity index (χ4n) is 2.23. The van der Waals surface area contributed by atoms with Crippen molar-refractivity contribution < 1.29 is 9.47 Å². The Hall–Kier alpha value is -2.30. The summed E-state index contributed by atoms with van der Waals surface area (Å²) < 4.78 is 10.6. The van der Waals surface area contributed by atoms with Crippen LogP contribution in [0, 0.1) is 12.8 Å². The van der Waals surface area contributed by atoms with Crippen molar-refractivity contribution in [3.05, 3.63) is 41.7 Å². The van der Waals surface area contributed by atoms with Gasteiger partial charge < -0.3 is 14.8 Å². The minimum Gasteiger partial charge on any atom is -0.493 e. The lowest BCUT2D eigenvalue weighted by molar-refractivity contribution is 0.354. The smallest absolute Gasteiger partial charge is 0.222 e. The van der Waals surface area contributed by atoms with Crippen LogP contribution in [0.5, 0.6) is 11.5 Å². The molecule has 0 amide bonds. The van der Waals surface area contributed by atoms with Crippen molar-refractivity contribution in [2.75, 3.05) is 26.1 Å². The number of rotatable bonds is 7. The Morgan fingerprint density at radius 1 is 1.09 bits per heavy atom. The van der Waals surface area contributed by atoms with Crippen LogP contribution in [0.3, 0.4) is 0 Å². The van der Waals surface area contributed by atoms with E-state index in [4.69, 9.17) is 9.47 Å². The van der Waals surface area contributed by atoms with E-state index in [0.717, 1.165) is 30.0 Å². The molecule has 1 aromatic heterocycles. The number of hydrogen-bond acceptors (Lipinski definition) is 5. The normalized spacial score (nSPS) is 11.8. The molecule has 5 heteroatoms. The van der Waals surface area contributed by atoms with Crippen molar-refractivity contribution in [1.29, 1.82) is 0 Å². The molecule has 0 saturated carbocycles. The van der Waals surface area contributed by atoms with E-state index in [9.17, 15) is 0 Å². The Morgan fingerprint density at radius 3 is 2.41 bits per heavy atom. The average molecular weight is 301 g/mol. The third kappa shape index (κ3) is 4.35. The zero-order valence-corrected chi connectivity index (χ0v) is 13.6. The zero-order valence-electron chi connectivity index (χ0n) is 13.6. The van der Waals surface area contributed by atoms with E-state index in [1.807, 2.05) is 31.5 Å². The lowest BCUT2D eigenvalue weighted by atomic mass is 10.0. The van der Waals surface area contributed by atoms with Crippen molar-refractivity contribution in [1.82, 2.24) is 9.97 Å². The summed E-state index contributed by atoms with van der Waals surface area (Å²) in [6.45, 7) is 4.98. The standard InChI is InChI=1S/C17H23N3O2/c1-12(9-18-17-19-10-13(2)11-20-17)7-14-5-6-15(21-3)16(8-14)22-4/h5-6,8,10-12H,7,9H2,1-4H3,(H,18,19,20). The number of ether oxygens (including phenoxy) is 2. The summed E-state index contributed by atoms with van der Waals surface area (Å²) in [5.41, 5.74) is 2.28. The predicted octanol–water partition coefficient (Wildman–Crippen LogP) is 3.09. The highest BCUT2D eigenvalue weighted by Gasteiger charge is 2.08. The van der Waals surface area contributed by atoms with Gasteiger partial charge in [0.15, 0.2) is 11.5 Å². The summed E-state index contributed by atoms with van der Waals surface area (Å²) >= 11 is 0. The summed E-state index contributed by atoms with van der Waals surface area (Å²) in [5, 5.41) is 3.26. The molecule has 0 bridgehead atoms. The minimum absolute atomic E-state index is 0.447. The second kappa shape index (κ2) is 7.64. The molecule has 1 aromatic carbocycles. The van der Waals surface area contributed by atoms with Gasteiger partial charge in [0.05, 0.1) is 14.2 Å². The highest BCUT2D eigenvalue weighted by Crippen LogP contribution is 2.28. The first kappa shape index (κ1) is 16.1. The van der Waals surface area contributed by atoms with Crippen LogP contribution in [0.25, 0.3) is 0 Å². The van der Waals surface area contributed by atoms with Gasteiger partial charge in [-0.25, -0.2) is 9.97 Å². The zero-order chi connectivity index (χ0) is 15.9. The van der Waals surface area contributed by atoms with Gasteiger partial charge in [-0.3, -0.25) is 0 Å². The van der Waals surface area contributed by atoms with Crippen molar-refractivity contribution in [2.24, 2.45) is 5.92 Å². The highest BCUT2D eigenvalue weighted by molar-refractivity contribution is 5.43. The maximum absolute atomic E-state index is 5.34. The number of hydrogen-bond donors (Lipinski definition) is 1. The maximum atomic E-state index is 5.34. The van der Waals surface area contributed by atoms with Crippen LogP contribution in [0.1, 0.15) is 18.1 Å². The van der Waals surface area contributed by atoms with E-state index in [2.05, 4.69) is 28.3 Å². The number of benzene rings is 1. The molecule has 118 valence electrons. The Balaban J connectivity index is 1.91. The van der Waals surface area contributed by atoms with Crippen LogP contribution in [0.4, 0.5) is 5.95 Å². The van der Waals surface area contributed by atoms with Crippen molar-refractivity contribution in [3.8, 4) is 11.5 Å². The maximum Gasteiger partial charge on any atom is 0.222 e. The molecule has 2 aromatic rings. The predicted molar refractivity (Wildman–Crippen MR) is 87.7 cm³/mol. The van der Waals surface area contributed by atoms with Crippen LogP contribution in [-0.4, -0.2) is 30.7 Å². The van der Waals surface area contributed by atoms with Crippen LogP contribution >= 0.6 is 0 Å². The number of aryl methyl sites for hydroxylation is 1. The van der Waals surface area contributed by atoms with Crippen LogP contribution in [0.2, 0.25) is 0 Å². The van der Waals surface area contributed by atoms with E-state index in [0.29, 0.717) is 11.9 Å². The summed E-state index contributed by atoms with van der Waals surface area (Å²) in [6, 6.07) is 6.04. The molecule has 0 fully saturated rings. The fraction of sp³-hybridized carbons (Fsp3) is 0.412. The van der Waals surface area contributed by atoms with Crippen molar-refractivity contribution in [2.45, 2.75) is 20.3 Å². The van der Waals surface area contributed by atoms with E-state index in [1.165, 1.54) is 5.56 Å². The SMILES string of the molecule is COc1ccc(CC(C)CNc2ncc(C)cn2)cc1OC. The molecule has 1 atom stereocenters. The van der Waals surface area contributed by atoms with Crippen LogP contribution in [-0.2, 0) is 6.42 Å². The number of anilines is 1. The van der Waals surface area contributed by atoms with Gasteiger partial charge >= 0.3 is 0 Å². The molecule has 0 aliphatic rings. The first-order valence-electron chi connectivity index (χ1n) is 7.35. The van der Waals surface area contributed by atoms with Gasteiger partial charge in [-0.05, 0) is 42.5 Å². The second-order valence-electron chi connectivity index (χ2n) is 5.46. The molecule has 1 N–H and O–H groups in total. The molecule has 1 heterocycles. The third-order valence-corrected chi connectivity index (χ3v) is 3.42. The van der Waals surface area contributed by atoms with Gasteiger partial charge in [-0.1, -0.05) is 13.0 Å². The Kier molecular flexibility index (Phi) is 5.58. The Labute approximate surface area is 131 Å². The van der Waals surface area contributed by atoms with Crippen LogP contribution in [0.15, 0.2) is 30.6 Å². The largest absolute Gasteiger partial charge is 0.493 e. The monoisotopic (exact) mass is 301 g/mol. The van der Waals surface area contributed by atoms with Gasteiger partial charge in [0.2, 0.25) is 5.95 Å². The summed E-state index contributed by atoms with van der Waals surface area (Å²) in [6.07, 6.45) is 4.57. The molecule has 2 rings (SSSR count). The van der Waals surface area contributed by atoms with E-state index in [-0.39, 0.29) is 0 Å². The molecule has 1 unspecified atom stereocenters.